The quantitative estimate of drug-likeness (QED) is 0.744. The van der Waals surface area contributed by atoms with Gasteiger partial charge in [0.2, 0.25) is 0 Å². The summed E-state index contributed by atoms with van der Waals surface area (Å²) in [5, 5.41) is 4.97. The van der Waals surface area contributed by atoms with Gasteiger partial charge in [0.1, 0.15) is 5.69 Å². The van der Waals surface area contributed by atoms with Gasteiger partial charge in [-0.2, -0.15) is 5.10 Å². The van der Waals surface area contributed by atoms with Crippen molar-refractivity contribution in [2.45, 2.75) is 12.8 Å². The lowest BCUT2D eigenvalue weighted by atomic mass is 10.1. The number of pyridine rings is 1. The molecule has 3 rings (SSSR count). The van der Waals surface area contributed by atoms with Gasteiger partial charge < -0.3 is 5.73 Å². The normalized spacial score (nSPS) is 10.9. The molecule has 0 fully saturated rings. The van der Waals surface area contributed by atoms with Crippen molar-refractivity contribution in [3.8, 4) is 0 Å². The molecule has 21 heavy (non-hydrogen) atoms. The number of fused-ring (bicyclic) bond motifs is 1. The summed E-state index contributed by atoms with van der Waals surface area (Å²) >= 11 is 0. The first kappa shape index (κ1) is 13.3. The van der Waals surface area contributed by atoms with E-state index in [9.17, 15) is 4.79 Å². The number of nitrogen functional groups attached to an aromatic ring is 1. The number of hydrogen-bond donors (Lipinski definition) is 1. The van der Waals surface area contributed by atoms with Crippen molar-refractivity contribution in [1.82, 2.24) is 14.8 Å². The predicted molar refractivity (Wildman–Crippen MR) is 82.0 cm³/mol. The smallest absolute Gasteiger partial charge is 0.181 e. The summed E-state index contributed by atoms with van der Waals surface area (Å²) in [7, 11) is 1.87. The first-order valence-corrected chi connectivity index (χ1v) is 6.80. The number of rotatable bonds is 4. The maximum absolute atomic E-state index is 12.3. The lowest BCUT2D eigenvalue weighted by Gasteiger charge is -2.06. The van der Waals surface area contributed by atoms with Gasteiger partial charge >= 0.3 is 0 Å². The van der Waals surface area contributed by atoms with Crippen molar-refractivity contribution in [2.24, 2.45) is 7.05 Å². The van der Waals surface area contributed by atoms with Crippen molar-refractivity contribution in [3.05, 3.63) is 54.0 Å². The van der Waals surface area contributed by atoms with Crippen LogP contribution >= 0.6 is 0 Å². The summed E-state index contributed by atoms with van der Waals surface area (Å²) in [6, 6.07) is 11.1. The molecule has 1 aromatic carbocycles. The topological polar surface area (TPSA) is 73.8 Å². The number of para-hydroxylation sites is 1. The van der Waals surface area contributed by atoms with Gasteiger partial charge in [0.15, 0.2) is 5.78 Å². The number of aryl methyl sites for hydroxylation is 2. The maximum Gasteiger partial charge on any atom is 0.181 e. The van der Waals surface area contributed by atoms with Gasteiger partial charge in [0.05, 0.1) is 5.52 Å². The zero-order valence-corrected chi connectivity index (χ0v) is 11.8. The highest BCUT2D eigenvalue weighted by molar-refractivity contribution is 6.00. The standard InChI is InChI=1S/C16H16N4O/c1-20-11(8-9-18-20)6-7-16(21)15-10-13(17)12-4-2-3-5-14(12)19-15/h2-5,8-10H,6-7H2,1H3,(H2,17,19). The van der Waals surface area contributed by atoms with Gasteiger partial charge in [0, 0.05) is 36.4 Å². The molecular formula is C16H16N4O. The van der Waals surface area contributed by atoms with E-state index in [1.165, 1.54) is 0 Å². The molecule has 0 saturated carbocycles. The highest BCUT2D eigenvalue weighted by Gasteiger charge is 2.12. The van der Waals surface area contributed by atoms with Crippen LogP contribution < -0.4 is 5.73 Å². The van der Waals surface area contributed by atoms with E-state index < -0.39 is 0 Å². The van der Waals surface area contributed by atoms with Crippen LogP contribution in [0.3, 0.4) is 0 Å². The van der Waals surface area contributed by atoms with E-state index in [1.54, 1.807) is 16.9 Å². The Morgan fingerprint density at radius 1 is 1.29 bits per heavy atom. The molecule has 0 aliphatic rings. The van der Waals surface area contributed by atoms with Crippen molar-refractivity contribution < 1.29 is 4.79 Å². The van der Waals surface area contributed by atoms with Crippen LogP contribution in [0.4, 0.5) is 5.69 Å². The number of hydrogen-bond acceptors (Lipinski definition) is 4. The Kier molecular flexibility index (Phi) is 3.39. The number of ketones is 1. The van der Waals surface area contributed by atoms with Gasteiger partial charge in [-0.1, -0.05) is 18.2 Å². The molecule has 5 nitrogen and oxygen atoms in total. The van der Waals surface area contributed by atoms with Gasteiger partial charge in [0.25, 0.3) is 0 Å². The molecule has 0 atom stereocenters. The molecule has 106 valence electrons. The van der Waals surface area contributed by atoms with Gasteiger partial charge in [-0.3, -0.25) is 9.48 Å². The van der Waals surface area contributed by atoms with Crippen LogP contribution in [0.5, 0.6) is 0 Å². The number of benzene rings is 1. The average molecular weight is 280 g/mol. The Balaban J connectivity index is 1.83. The second-order valence-corrected chi connectivity index (χ2v) is 4.98. The number of Topliss-reactive ketones (excluding diaryl/α,β-unsaturated/α-hetero) is 1. The van der Waals surface area contributed by atoms with Crippen LogP contribution in [0.25, 0.3) is 10.9 Å². The fraction of sp³-hybridized carbons (Fsp3) is 0.188. The SMILES string of the molecule is Cn1nccc1CCC(=O)c1cc(N)c2ccccc2n1. The van der Waals surface area contributed by atoms with E-state index in [-0.39, 0.29) is 5.78 Å². The summed E-state index contributed by atoms with van der Waals surface area (Å²) in [6.45, 7) is 0. The minimum atomic E-state index is -0.00588. The highest BCUT2D eigenvalue weighted by Crippen LogP contribution is 2.21. The van der Waals surface area contributed by atoms with E-state index in [0.717, 1.165) is 16.6 Å². The highest BCUT2D eigenvalue weighted by atomic mass is 16.1. The largest absolute Gasteiger partial charge is 0.398 e. The van der Waals surface area contributed by atoms with Crippen molar-refractivity contribution >= 4 is 22.4 Å². The molecule has 0 radical (unpaired) electrons. The van der Waals surface area contributed by atoms with Crippen LogP contribution in [0, 0.1) is 0 Å². The molecule has 2 heterocycles. The van der Waals surface area contributed by atoms with Crippen molar-refractivity contribution in [2.75, 3.05) is 5.73 Å². The molecule has 2 N–H and O–H groups in total. The Hall–Kier alpha value is -2.69. The minimum Gasteiger partial charge on any atom is -0.398 e. The number of nitrogens with zero attached hydrogens (tertiary/aromatic N) is 3. The van der Waals surface area contributed by atoms with Crippen molar-refractivity contribution in [3.63, 3.8) is 0 Å². The summed E-state index contributed by atoms with van der Waals surface area (Å²) in [6.07, 6.45) is 2.76. The Labute approximate surface area is 122 Å². The molecule has 0 spiro atoms. The van der Waals surface area contributed by atoms with E-state index in [2.05, 4.69) is 10.1 Å². The first-order chi connectivity index (χ1) is 10.1. The lowest BCUT2D eigenvalue weighted by Crippen LogP contribution is -2.07. The minimum absolute atomic E-state index is 0.00588. The number of carbonyl (C=O) groups is 1. The number of nitrogens with two attached hydrogens (primary N) is 1. The molecular weight excluding hydrogens is 264 g/mol. The zero-order chi connectivity index (χ0) is 14.8. The Bertz CT molecular complexity index is 807. The Morgan fingerprint density at radius 2 is 2.10 bits per heavy atom. The van der Waals surface area contributed by atoms with Crippen LogP contribution in [0.15, 0.2) is 42.6 Å². The fourth-order valence-corrected chi connectivity index (χ4v) is 2.36. The third kappa shape index (κ3) is 2.63. The van der Waals surface area contributed by atoms with Crippen LogP contribution in [-0.2, 0) is 13.5 Å². The van der Waals surface area contributed by atoms with E-state index in [0.29, 0.717) is 24.2 Å². The van der Waals surface area contributed by atoms with Crippen molar-refractivity contribution in [1.29, 1.82) is 0 Å². The molecule has 5 heteroatoms. The number of aromatic nitrogens is 3. The van der Waals surface area contributed by atoms with Crippen LogP contribution in [0.1, 0.15) is 22.6 Å². The maximum atomic E-state index is 12.3. The van der Waals surface area contributed by atoms with Gasteiger partial charge in [-0.25, -0.2) is 4.98 Å². The monoisotopic (exact) mass is 280 g/mol. The predicted octanol–water partition coefficient (Wildman–Crippen LogP) is 2.37. The average Bonchev–Trinajstić information content (AvgIpc) is 2.90. The first-order valence-electron chi connectivity index (χ1n) is 6.80. The summed E-state index contributed by atoms with van der Waals surface area (Å²) in [5.74, 6) is -0.00588. The van der Waals surface area contributed by atoms with Crippen LogP contribution in [0.2, 0.25) is 0 Å². The van der Waals surface area contributed by atoms with Gasteiger partial charge in [-0.05, 0) is 24.6 Å². The molecule has 2 aromatic heterocycles. The number of anilines is 1. The van der Waals surface area contributed by atoms with E-state index >= 15 is 0 Å². The van der Waals surface area contributed by atoms with Crippen LogP contribution in [-0.4, -0.2) is 20.5 Å². The summed E-state index contributed by atoms with van der Waals surface area (Å²) in [5.41, 5.74) is 8.79. The molecule has 0 unspecified atom stereocenters. The second-order valence-electron chi connectivity index (χ2n) is 4.98. The molecule has 0 bridgehead atoms. The Morgan fingerprint density at radius 3 is 2.86 bits per heavy atom. The number of carbonyl (C=O) groups excluding carboxylic acids is 1. The van der Waals surface area contributed by atoms with Gasteiger partial charge in [-0.15, -0.1) is 0 Å². The summed E-state index contributed by atoms with van der Waals surface area (Å²) in [4.78, 5) is 16.7. The third-order valence-corrected chi connectivity index (χ3v) is 3.56. The molecule has 0 amide bonds. The van der Waals surface area contributed by atoms with E-state index in [1.807, 2.05) is 37.4 Å². The lowest BCUT2D eigenvalue weighted by molar-refractivity contribution is 0.0978. The molecule has 0 aliphatic heterocycles. The molecule has 0 saturated heterocycles. The third-order valence-electron chi connectivity index (χ3n) is 3.56. The second kappa shape index (κ2) is 5.36. The van der Waals surface area contributed by atoms with E-state index in [4.69, 9.17) is 5.73 Å². The zero-order valence-electron chi connectivity index (χ0n) is 11.8. The molecule has 3 aromatic rings. The summed E-state index contributed by atoms with van der Waals surface area (Å²) < 4.78 is 1.77. The fourth-order valence-electron chi connectivity index (χ4n) is 2.36. The molecule has 0 aliphatic carbocycles.